The summed E-state index contributed by atoms with van der Waals surface area (Å²) in [5.41, 5.74) is 2.76. The lowest BCUT2D eigenvalue weighted by atomic mass is 9.80. The topological polar surface area (TPSA) is 93.9 Å². The third kappa shape index (κ3) is 7.33. The van der Waals surface area contributed by atoms with E-state index in [-0.39, 0.29) is 23.7 Å². The molecule has 1 fully saturated rings. The highest BCUT2D eigenvalue weighted by atomic mass is 16.6. The van der Waals surface area contributed by atoms with Crippen molar-refractivity contribution in [3.8, 4) is 0 Å². The highest BCUT2D eigenvalue weighted by Gasteiger charge is 2.46. The van der Waals surface area contributed by atoms with E-state index in [0.717, 1.165) is 35.9 Å². The predicted octanol–water partition coefficient (Wildman–Crippen LogP) is 6.09. The van der Waals surface area contributed by atoms with Crippen molar-refractivity contribution in [2.75, 3.05) is 13.7 Å². The molecule has 0 aliphatic carbocycles. The number of amides is 1. The van der Waals surface area contributed by atoms with E-state index in [9.17, 15) is 14.7 Å². The Kier molecular flexibility index (Phi) is 10.1. The molecule has 218 valence electrons. The molecular weight excluding hydrogens is 494 g/mol. The molecule has 8 heteroatoms. The van der Waals surface area contributed by atoms with Crippen molar-refractivity contribution >= 4 is 23.0 Å². The summed E-state index contributed by atoms with van der Waals surface area (Å²) in [4.78, 5) is 26.9. The number of esters is 1. The Morgan fingerprint density at radius 1 is 1.26 bits per heavy atom. The number of cyclic esters (lactones) is 1. The van der Waals surface area contributed by atoms with Crippen molar-refractivity contribution in [2.24, 2.45) is 30.7 Å². The summed E-state index contributed by atoms with van der Waals surface area (Å²) < 4.78 is 13.1. The van der Waals surface area contributed by atoms with E-state index in [1.165, 1.54) is 10.5 Å². The maximum Gasteiger partial charge on any atom is 0.408 e. The van der Waals surface area contributed by atoms with E-state index in [4.69, 9.17) is 14.6 Å². The molecule has 1 aliphatic rings. The van der Waals surface area contributed by atoms with Crippen LogP contribution >= 0.6 is 0 Å². The molecule has 4 atom stereocenters. The number of methoxy groups -OCH3 is 1. The summed E-state index contributed by atoms with van der Waals surface area (Å²) in [6.45, 7) is 14.9. The van der Waals surface area contributed by atoms with Gasteiger partial charge in [0.15, 0.2) is 0 Å². The maximum atomic E-state index is 12.7. The Hall–Kier alpha value is -2.61. The van der Waals surface area contributed by atoms with Gasteiger partial charge in [0.05, 0.1) is 23.2 Å². The average molecular weight is 544 g/mol. The molecule has 1 aromatic carbocycles. The predicted molar refractivity (Wildman–Crippen MR) is 154 cm³/mol. The number of carbonyl (C=O) groups is 2. The van der Waals surface area contributed by atoms with Gasteiger partial charge in [-0.25, -0.2) is 4.79 Å². The van der Waals surface area contributed by atoms with Gasteiger partial charge >= 0.3 is 12.1 Å². The number of carbonyl (C=O) groups excluding carboxylic acids is 1. The molecule has 2 heterocycles. The first kappa shape index (κ1) is 30.9. The number of hydrogen-bond acceptors (Lipinski definition) is 5. The summed E-state index contributed by atoms with van der Waals surface area (Å²) in [6, 6.07) is 6.13. The van der Waals surface area contributed by atoms with E-state index in [1.807, 2.05) is 46.3 Å². The van der Waals surface area contributed by atoms with Crippen LogP contribution in [0.3, 0.4) is 0 Å². The van der Waals surface area contributed by atoms with Crippen LogP contribution in [0, 0.1) is 23.7 Å². The highest BCUT2D eigenvalue weighted by Crippen LogP contribution is 2.37. The minimum absolute atomic E-state index is 0.154. The van der Waals surface area contributed by atoms with Crippen LogP contribution in [0.1, 0.15) is 79.0 Å². The molecular formula is C31H49N3O5. The third-order valence-electron chi connectivity index (χ3n) is 8.29. The molecule has 39 heavy (non-hydrogen) atoms. The van der Waals surface area contributed by atoms with Crippen molar-refractivity contribution in [1.29, 1.82) is 0 Å². The van der Waals surface area contributed by atoms with Crippen LogP contribution in [0.5, 0.6) is 0 Å². The molecule has 0 spiro atoms. The summed E-state index contributed by atoms with van der Waals surface area (Å²) in [5, 5.41) is 16.2. The lowest BCUT2D eigenvalue weighted by Gasteiger charge is -2.43. The van der Waals surface area contributed by atoms with E-state index in [2.05, 4.69) is 32.0 Å². The third-order valence-corrected chi connectivity index (χ3v) is 8.29. The Bertz CT molecular complexity index is 1130. The van der Waals surface area contributed by atoms with Gasteiger partial charge < -0.3 is 14.6 Å². The number of benzene rings is 1. The molecule has 1 N–H and O–H groups in total. The van der Waals surface area contributed by atoms with Gasteiger partial charge in [0.2, 0.25) is 0 Å². The molecule has 0 radical (unpaired) electrons. The molecule has 0 saturated carbocycles. The molecule has 2 aromatic rings. The summed E-state index contributed by atoms with van der Waals surface area (Å²) in [5.74, 6) is 0.258. The molecule has 1 aromatic heterocycles. The molecule has 0 unspecified atom stereocenters. The largest absolute Gasteiger partial charge is 0.465 e. The molecule has 3 rings (SSSR count). The SMILES string of the molecule is COCCCc1nn(C)c2ccc(C[C@@H](C[C@@H]([C@@H]3C[C@@H](C(C)C)C(=O)O3)N(C(=O)O)C(C)(C)C)C(C)C)cc12. The summed E-state index contributed by atoms with van der Waals surface area (Å²) in [6.07, 6.45) is 2.33. The second kappa shape index (κ2) is 12.7. The van der Waals surface area contributed by atoms with Crippen LogP contribution in [-0.2, 0) is 34.2 Å². The highest BCUT2D eigenvalue weighted by molar-refractivity contribution is 5.82. The van der Waals surface area contributed by atoms with Gasteiger partial charge in [0.25, 0.3) is 0 Å². The van der Waals surface area contributed by atoms with Gasteiger partial charge in [-0.15, -0.1) is 0 Å². The van der Waals surface area contributed by atoms with Crippen LogP contribution in [0.4, 0.5) is 4.79 Å². The van der Waals surface area contributed by atoms with Crippen molar-refractivity contribution < 1.29 is 24.2 Å². The van der Waals surface area contributed by atoms with E-state index >= 15 is 0 Å². The number of aryl methyl sites for hydroxylation is 2. The number of aromatic nitrogens is 2. The number of rotatable bonds is 12. The van der Waals surface area contributed by atoms with Crippen molar-refractivity contribution in [3.63, 3.8) is 0 Å². The van der Waals surface area contributed by atoms with Crippen molar-refractivity contribution in [3.05, 3.63) is 29.5 Å². The number of hydrogen-bond donors (Lipinski definition) is 1. The van der Waals surface area contributed by atoms with Crippen LogP contribution < -0.4 is 0 Å². The number of ether oxygens (including phenoxy) is 2. The van der Waals surface area contributed by atoms with Crippen molar-refractivity contribution in [2.45, 2.75) is 98.3 Å². The van der Waals surface area contributed by atoms with Crippen LogP contribution in [0.15, 0.2) is 18.2 Å². The Balaban J connectivity index is 1.93. The first-order valence-electron chi connectivity index (χ1n) is 14.4. The first-order valence-corrected chi connectivity index (χ1v) is 14.4. The zero-order chi connectivity index (χ0) is 29.1. The van der Waals surface area contributed by atoms with Gasteiger partial charge in [-0.1, -0.05) is 33.8 Å². The van der Waals surface area contributed by atoms with E-state index in [1.54, 1.807) is 7.11 Å². The standard InChI is InChI=1S/C31H49N3O5/c1-19(2)22(15-21-12-13-26-24(16-21)25(32-33(26)8)11-10-14-38-9)17-27(34(30(36)37)31(5,6)7)28-18-23(20(3)4)29(35)39-28/h12-13,16,19-20,22-23,27-28H,10-11,14-15,17-18H2,1-9H3,(H,36,37)/t22-,23-,27-,28-/m0/s1. The number of fused-ring (bicyclic) bond motifs is 1. The Morgan fingerprint density at radius 2 is 1.95 bits per heavy atom. The second-order valence-electron chi connectivity index (χ2n) is 12.9. The smallest absolute Gasteiger partial charge is 0.408 e. The fourth-order valence-electron chi connectivity index (χ4n) is 6.05. The normalized spacial score (nSPS) is 19.6. The Morgan fingerprint density at radius 3 is 2.49 bits per heavy atom. The van der Waals surface area contributed by atoms with Gasteiger partial charge in [0.1, 0.15) is 6.10 Å². The minimum atomic E-state index is -0.975. The number of nitrogens with zero attached hydrogens (tertiary/aromatic N) is 3. The van der Waals surface area contributed by atoms with Gasteiger partial charge in [-0.2, -0.15) is 5.10 Å². The van der Waals surface area contributed by atoms with Gasteiger partial charge in [-0.3, -0.25) is 14.4 Å². The van der Waals surface area contributed by atoms with Gasteiger partial charge in [0, 0.05) is 31.7 Å². The quantitative estimate of drug-likeness (QED) is 0.257. The number of carboxylic acid groups (broad SMARTS) is 1. The fourth-order valence-corrected chi connectivity index (χ4v) is 6.05. The first-order chi connectivity index (χ1) is 18.2. The minimum Gasteiger partial charge on any atom is -0.465 e. The summed E-state index contributed by atoms with van der Waals surface area (Å²) >= 11 is 0. The van der Waals surface area contributed by atoms with E-state index < -0.39 is 23.8 Å². The molecule has 1 saturated heterocycles. The van der Waals surface area contributed by atoms with Crippen LogP contribution in [0.2, 0.25) is 0 Å². The second-order valence-corrected chi connectivity index (χ2v) is 12.9. The molecule has 1 amide bonds. The van der Waals surface area contributed by atoms with E-state index in [0.29, 0.717) is 25.4 Å². The molecule has 1 aliphatic heterocycles. The maximum absolute atomic E-state index is 12.7. The Labute approximate surface area is 234 Å². The average Bonchev–Trinajstić information content (AvgIpc) is 3.36. The van der Waals surface area contributed by atoms with Crippen LogP contribution in [0.25, 0.3) is 10.9 Å². The fraction of sp³-hybridized carbons (Fsp3) is 0.710. The van der Waals surface area contributed by atoms with Crippen molar-refractivity contribution in [1.82, 2.24) is 14.7 Å². The van der Waals surface area contributed by atoms with Gasteiger partial charge in [-0.05, 0) is 88.3 Å². The monoisotopic (exact) mass is 543 g/mol. The molecule has 0 bridgehead atoms. The summed E-state index contributed by atoms with van der Waals surface area (Å²) in [7, 11) is 3.69. The van der Waals surface area contributed by atoms with Crippen LogP contribution in [-0.4, -0.2) is 63.3 Å². The lowest BCUT2D eigenvalue weighted by molar-refractivity contribution is -0.148. The zero-order valence-electron chi connectivity index (χ0n) is 25.4. The lowest BCUT2D eigenvalue weighted by Crippen LogP contribution is -2.56. The molecule has 8 nitrogen and oxygen atoms in total. The zero-order valence-corrected chi connectivity index (χ0v) is 25.4.